The van der Waals surface area contributed by atoms with Crippen LogP contribution in [0.25, 0.3) is 0 Å². The third-order valence-corrected chi connectivity index (χ3v) is 5.23. The van der Waals surface area contributed by atoms with E-state index in [1.807, 2.05) is 0 Å². The van der Waals surface area contributed by atoms with Crippen molar-refractivity contribution in [2.75, 3.05) is 12.9 Å². The molecule has 7 nitrogen and oxygen atoms in total. The molecular formula is C21H27F5N2O5S. The van der Waals surface area contributed by atoms with Gasteiger partial charge in [0.05, 0.1) is 12.0 Å². The van der Waals surface area contributed by atoms with Gasteiger partial charge >= 0.3 is 12.1 Å². The minimum absolute atomic E-state index is 0.0787. The van der Waals surface area contributed by atoms with E-state index in [9.17, 15) is 36.3 Å². The molecule has 0 saturated carbocycles. The molecule has 0 unspecified atom stereocenters. The Bertz CT molecular complexity index is 895. The Morgan fingerprint density at radius 1 is 0.882 bits per heavy atom. The largest absolute Gasteiger partial charge is 0.467 e. The second kappa shape index (κ2) is 12.2. The summed E-state index contributed by atoms with van der Waals surface area (Å²) < 4.78 is 77.7. The van der Waals surface area contributed by atoms with Crippen LogP contribution in [0.2, 0.25) is 0 Å². The maximum Gasteiger partial charge on any atom is 0.408 e. The van der Waals surface area contributed by atoms with E-state index < -0.39 is 75.4 Å². The van der Waals surface area contributed by atoms with Gasteiger partial charge in [0.25, 0.3) is 0 Å². The molecule has 0 aliphatic rings. The van der Waals surface area contributed by atoms with Crippen molar-refractivity contribution in [3.05, 3.63) is 29.1 Å². The molecule has 0 saturated heterocycles. The van der Waals surface area contributed by atoms with Crippen LogP contribution in [0.1, 0.15) is 41.0 Å². The summed E-state index contributed by atoms with van der Waals surface area (Å²) in [4.78, 5) is 35.8. The van der Waals surface area contributed by atoms with Crippen molar-refractivity contribution >= 4 is 29.7 Å². The molecule has 2 amide bonds. The summed E-state index contributed by atoms with van der Waals surface area (Å²) in [6, 6.07) is -2.69. The Morgan fingerprint density at radius 2 is 1.38 bits per heavy atom. The number of methoxy groups -OCH3 is 1. The average Bonchev–Trinajstić information content (AvgIpc) is 2.72. The molecule has 0 fully saturated rings. The summed E-state index contributed by atoms with van der Waals surface area (Å²) in [5.41, 5.74) is -0.845. The molecule has 13 heteroatoms. The number of halogens is 5. The normalized spacial score (nSPS) is 13.3. The molecule has 0 radical (unpaired) electrons. The molecule has 0 heterocycles. The lowest BCUT2D eigenvalue weighted by Gasteiger charge is -2.25. The van der Waals surface area contributed by atoms with Gasteiger partial charge < -0.3 is 20.1 Å². The first-order valence-electron chi connectivity index (χ1n) is 10.1. The zero-order valence-electron chi connectivity index (χ0n) is 19.5. The van der Waals surface area contributed by atoms with Crippen molar-refractivity contribution in [3.8, 4) is 0 Å². The van der Waals surface area contributed by atoms with Gasteiger partial charge in [0, 0.05) is 5.75 Å². The number of amides is 2. The van der Waals surface area contributed by atoms with Gasteiger partial charge in [0.15, 0.2) is 23.3 Å². The van der Waals surface area contributed by atoms with Crippen molar-refractivity contribution in [2.24, 2.45) is 5.92 Å². The number of thioether (sulfide) groups is 1. The lowest BCUT2D eigenvalue weighted by atomic mass is 10.0. The van der Waals surface area contributed by atoms with Crippen LogP contribution in [-0.4, -0.2) is 48.5 Å². The van der Waals surface area contributed by atoms with Crippen LogP contribution in [0.15, 0.2) is 4.90 Å². The first-order valence-corrected chi connectivity index (χ1v) is 11.1. The molecule has 0 spiro atoms. The van der Waals surface area contributed by atoms with Crippen molar-refractivity contribution in [1.82, 2.24) is 10.6 Å². The maximum absolute atomic E-state index is 13.9. The van der Waals surface area contributed by atoms with E-state index in [1.54, 1.807) is 34.6 Å². The van der Waals surface area contributed by atoms with E-state index in [-0.39, 0.29) is 24.1 Å². The number of carbonyl (C=O) groups excluding carboxylic acids is 3. The van der Waals surface area contributed by atoms with Gasteiger partial charge in [-0.15, -0.1) is 11.8 Å². The Labute approximate surface area is 198 Å². The summed E-state index contributed by atoms with van der Waals surface area (Å²) >= 11 is 0.128. The van der Waals surface area contributed by atoms with E-state index in [2.05, 4.69) is 15.4 Å². The molecule has 34 heavy (non-hydrogen) atoms. The predicted molar refractivity (Wildman–Crippen MR) is 114 cm³/mol. The Morgan fingerprint density at radius 3 is 1.82 bits per heavy atom. The van der Waals surface area contributed by atoms with Crippen LogP contribution in [0, 0.1) is 35.0 Å². The molecule has 0 bridgehead atoms. The van der Waals surface area contributed by atoms with Crippen LogP contribution >= 0.6 is 11.8 Å². The number of esters is 1. The third kappa shape index (κ3) is 8.33. The van der Waals surface area contributed by atoms with E-state index in [4.69, 9.17) is 4.74 Å². The summed E-state index contributed by atoms with van der Waals surface area (Å²) in [6.45, 7) is 8.40. The molecule has 1 rings (SSSR count). The SMILES string of the molecule is COC(=O)[C@H](CSc1c(F)c(F)c(F)c(F)c1F)NC(=O)[C@H](CC(C)C)NC(=O)OC(C)(C)C. The molecule has 192 valence electrons. The second-order valence-electron chi connectivity index (χ2n) is 8.62. The van der Waals surface area contributed by atoms with Crippen LogP contribution in [0.5, 0.6) is 0 Å². The van der Waals surface area contributed by atoms with Crippen molar-refractivity contribution < 1.29 is 45.8 Å². The summed E-state index contributed by atoms with van der Waals surface area (Å²) in [6.07, 6.45) is -0.747. The summed E-state index contributed by atoms with van der Waals surface area (Å²) in [5, 5.41) is 4.67. The first-order chi connectivity index (χ1) is 15.6. The fourth-order valence-electron chi connectivity index (χ4n) is 2.61. The minimum Gasteiger partial charge on any atom is -0.467 e. The first kappa shape index (κ1) is 29.5. The van der Waals surface area contributed by atoms with Crippen LogP contribution in [0.3, 0.4) is 0 Å². The van der Waals surface area contributed by atoms with Gasteiger partial charge in [-0.3, -0.25) is 4.79 Å². The van der Waals surface area contributed by atoms with Gasteiger partial charge in [-0.1, -0.05) is 13.8 Å². The summed E-state index contributed by atoms with van der Waals surface area (Å²) in [7, 11) is 0.981. The highest BCUT2D eigenvalue weighted by Crippen LogP contribution is 2.31. The summed E-state index contributed by atoms with van der Waals surface area (Å²) in [5.74, 6) is -13.3. The number of hydrogen-bond acceptors (Lipinski definition) is 6. The fourth-order valence-corrected chi connectivity index (χ4v) is 3.60. The Kier molecular flexibility index (Phi) is 10.6. The van der Waals surface area contributed by atoms with Crippen LogP contribution in [-0.2, 0) is 19.1 Å². The third-order valence-electron chi connectivity index (χ3n) is 4.08. The van der Waals surface area contributed by atoms with Crippen molar-refractivity contribution in [1.29, 1.82) is 0 Å². The molecule has 0 aliphatic heterocycles. The van der Waals surface area contributed by atoms with Gasteiger partial charge in [-0.2, -0.15) is 0 Å². The molecule has 1 aromatic rings. The van der Waals surface area contributed by atoms with Crippen molar-refractivity contribution in [2.45, 2.75) is 63.6 Å². The minimum atomic E-state index is -2.32. The Balaban J connectivity index is 3.07. The molecule has 1 aromatic carbocycles. The van der Waals surface area contributed by atoms with Gasteiger partial charge in [0.2, 0.25) is 11.7 Å². The number of alkyl carbamates (subject to hydrolysis) is 1. The number of carbonyl (C=O) groups is 3. The topological polar surface area (TPSA) is 93.7 Å². The molecule has 0 aromatic heterocycles. The monoisotopic (exact) mass is 514 g/mol. The lowest BCUT2D eigenvalue weighted by molar-refractivity contribution is -0.144. The highest BCUT2D eigenvalue weighted by molar-refractivity contribution is 7.99. The number of rotatable bonds is 9. The van der Waals surface area contributed by atoms with E-state index in [0.29, 0.717) is 0 Å². The highest BCUT2D eigenvalue weighted by atomic mass is 32.2. The van der Waals surface area contributed by atoms with Gasteiger partial charge in [-0.05, 0) is 33.1 Å². The number of ether oxygens (including phenoxy) is 2. The Hall–Kier alpha value is -2.57. The van der Waals surface area contributed by atoms with Crippen molar-refractivity contribution in [3.63, 3.8) is 0 Å². The zero-order chi connectivity index (χ0) is 26.4. The molecule has 2 atom stereocenters. The average molecular weight is 515 g/mol. The smallest absolute Gasteiger partial charge is 0.408 e. The molecule has 0 aliphatic carbocycles. The standard InChI is InChI=1S/C21H27F5N2O5S/c1-9(2)7-10(28-20(31)33-21(3,4)5)18(29)27-11(19(30)32-6)8-34-17-15(25)13(23)12(22)14(24)16(17)26/h9-11H,7-8H2,1-6H3,(H,27,29)(H,28,31)/t10-,11-/m0/s1. The van der Waals surface area contributed by atoms with Crippen LogP contribution in [0.4, 0.5) is 26.7 Å². The number of hydrogen-bond donors (Lipinski definition) is 2. The predicted octanol–water partition coefficient (Wildman–Crippen LogP) is 4.07. The molecule has 2 N–H and O–H groups in total. The van der Waals surface area contributed by atoms with E-state index in [0.717, 1.165) is 7.11 Å². The number of nitrogens with one attached hydrogen (secondary N) is 2. The lowest BCUT2D eigenvalue weighted by Crippen LogP contribution is -2.53. The maximum atomic E-state index is 13.9. The van der Waals surface area contributed by atoms with E-state index in [1.165, 1.54) is 0 Å². The quantitative estimate of drug-likeness (QED) is 0.170. The van der Waals surface area contributed by atoms with Gasteiger partial charge in [0.1, 0.15) is 17.7 Å². The second-order valence-corrected chi connectivity index (χ2v) is 9.65. The van der Waals surface area contributed by atoms with E-state index >= 15 is 0 Å². The zero-order valence-corrected chi connectivity index (χ0v) is 20.3. The van der Waals surface area contributed by atoms with Crippen LogP contribution < -0.4 is 10.6 Å². The number of benzene rings is 1. The fraction of sp³-hybridized carbons (Fsp3) is 0.571. The van der Waals surface area contributed by atoms with Gasteiger partial charge in [-0.25, -0.2) is 31.5 Å². The molecular weight excluding hydrogens is 487 g/mol. The highest BCUT2D eigenvalue weighted by Gasteiger charge is 2.31.